The number of aromatic nitrogens is 2. The predicted molar refractivity (Wildman–Crippen MR) is 105 cm³/mol. The van der Waals surface area contributed by atoms with Gasteiger partial charge in [0.1, 0.15) is 18.0 Å². The van der Waals surface area contributed by atoms with E-state index in [1.54, 1.807) is 6.33 Å². The number of hydrogen-bond acceptors (Lipinski definition) is 6. The second-order valence-corrected chi connectivity index (χ2v) is 8.40. The van der Waals surface area contributed by atoms with Gasteiger partial charge in [-0.3, -0.25) is 4.79 Å². The fraction of sp³-hybridized carbons (Fsp3) is 0.750. The molecule has 1 atom stereocenters. The first-order valence-electron chi connectivity index (χ1n) is 10.4. The lowest BCUT2D eigenvalue weighted by atomic mass is 9.73. The summed E-state index contributed by atoms with van der Waals surface area (Å²) in [4.78, 5) is 25.9. The summed E-state index contributed by atoms with van der Waals surface area (Å²) in [6.07, 6.45) is 10.5. The minimum atomic E-state index is 0.0805. The molecule has 7 heteroatoms. The average Bonchev–Trinajstić information content (AvgIpc) is 3.23. The van der Waals surface area contributed by atoms with Crippen molar-refractivity contribution in [3.63, 3.8) is 0 Å². The van der Waals surface area contributed by atoms with Crippen LogP contribution in [0, 0.1) is 5.41 Å². The second kappa shape index (κ2) is 8.00. The van der Waals surface area contributed by atoms with Crippen molar-refractivity contribution in [3.8, 4) is 0 Å². The number of likely N-dealkylation sites (tertiary alicyclic amines) is 1. The molecule has 3 heterocycles. The van der Waals surface area contributed by atoms with Gasteiger partial charge in [-0.15, -0.1) is 0 Å². The van der Waals surface area contributed by atoms with E-state index in [0.717, 1.165) is 44.1 Å². The summed E-state index contributed by atoms with van der Waals surface area (Å²) < 4.78 is 0. The number of carbonyl (C=O) groups excluding carboxylic acids is 1. The molecule has 1 aliphatic carbocycles. The fourth-order valence-corrected chi connectivity index (χ4v) is 5.13. The Morgan fingerprint density at radius 1 is 1.19 bits per heavy atom. The van der Waals surface area contributed by atoms with Crippen molar-refractivity contribution in [2.24, 2.45) is 5.41 Å². The van der Waals surface area contributed by atoms with E-state index in [1.165, 1.54) is 32.1 Å². The Bertz CT molecular complexity index is 664. The molecule has 0 bridgehead atoms. The Kier molecular flexibility index (Phi) is 5.48. The summed E-state index contributed by atoms with van der Waals surface area (Å²) in [5.41, 5.74) is 0.193. The number of aliphatic hydroxyl groups excluding tert-OH is 1. The highest BCUT2D eigenvalue weighted by Gasteiger charge is 2.44. The van der Waals surface area contributed by atoms with Gasteiger partial charge in [-0.05, 0) is 32.1 Å². The minimum absolute atomic E-state index is 0.0805. The molecular weight excluding hydrogens is 342 g/mol. The van der Waals surface area contributed by atoms with Crippen molar-refractivity contribution in [2.75, 3.05) is 43.0 Å². The second-order valence-electron chi connectivity index (χ2n) is 8.40. The molecule has 1 aromatic rings. The maximum absolute atomic E-state index is 12.6. The molecule has 0 radical (unpaired) electrons. The summed E-state index contributed by atoms with van der Waals surface area (Å²) in [5.74, 6) is 2.05. The molecule has 148 valence electrons. The first-order chi connectivity index (χ1) is 13.2. The average molecular weight is 374 g/mol. The maximum Gasteiger partial charge on any atom is 0.222 e. The van der Waals surface area contributed by atoms with Gasteiger partial charge in [-0.1, -0.05) is 12.8 Å². The van der Waals surface area contributed by atoms with Crippen LogP contribution < -0.4 is 10.2 Å². The quantitative estimate of drug-likeness (QED) is 0.822. The van der Waals surface area contributed by atoms with Gasteiger partial charge in [0.25, 0.3) is 0 Å². The largest absolute Gasteiger partial charge is 0.395 e. The molecule has 3 fully saturated rings. The molecule has 1 aromatic heterocycles. The van der Waals surface area contributed by atoms with Crippen molar-refractivity contribution in [1.82, 2.24) is 14.9 Å². The van der Waals surface area contributed by atoms with E-state index in [1.807, 2.05) is 6.07 Å². The molecular formula is C20H31N5O2. The zero-order chi connectivity index (χ0) is 18.7. The summed E-state index contributed by atoms with van der Waals surface area (Å²) in [5, 5.41) is 12.1. The molecule has 2 N–H and O–H groups in total. The van der Waals surface area contributed by atoms with Gasteiger partial charge >= 0.3 is 0 Å². The number of rotatable bonds is 5. The van der Waals surface area contributed by atoms with Gasteiger partial charge < -0.3 is 20.2 Å². The van der Waals surface area contributed by atoms with Crippen molar-refractivity contribution in [3.05, 3.63) is 12.4 Å². The zero-order valence-electron chi connectivity index (χ0n) is 16.1. The van der Waals surface area contributed by atoms with Crippen LogP contribution in [0.3, 0.4) is 0 Å². The van der Waals surface area contributed by atoms with Crippen LogP contribution in [-0.4, -0.2) is 64.7 Å². The van der Waals surface area contributed by atoms with Crippen LogP contribution >= 0.6 is 0 Å². The Balaban J connectivity index is 1.48. The minimum Gasteiger partial charge on any atom is -0.395 e. The Morgan fingerprint density at radius 3 is 2.85 bits per heavy atom. The standard InChI is InChI=1S/C20H31N5O2/c26-11-9-21-17-12-18(23-15-22-17)24-10-3-7-20(13-24)8-6-19(27)25(14-20)16-4-1-2-5-16/h12,15-16,26H,1-11,13-14H2,(H,21,22,23). The number of anilines is 2. The number of aliphatic hydroxyl groups is 1. The third kappa shape index (κ3) is 4.03. The Labute approximate surface area is 161 Å². The highest BCUT2D eigenvalue weighted by atomic mass is 16.3. The summed E-state index contributed by atoms with van der Waals surface area (Å²) >= 11 is 0. The van der Waals surface area contributed by atoms with Gasteiger partial charge in [-0.2, -0.15) is 0 Å². The smallest absolute Gasteiger partial charge is 0.222 e. The van der Waals surface area contributed by atoms with E-state index >= 15 is 0 Å². The van der Waals surface area contributed by atoms with Gasteiger partial charge in [0, 0.05) is 50.1 Å². The van der Waals surface area contributed by atoms with Crippen LogP contribution in [-0.2, 0) is 4.79 Å². The lowest BCUT2D eigenvalue weighted by molar-refractivity contribution is -0.140. The summed E-state index contributed by atoms with van der Waals surface area (Å²) in [7, 11) is 0. The van der Waals surface area contributed by atoms with Gasteiger partial charge in [0.15, 0.2) is 0 Å². The fourth-order valence-electron chi connectivity index (χ4n) is 5.13. The van der Waals surface area contributed by atoms with Crippen LogP contribution in [0.5, 0.6) is 0 Å². The van der Waals surface area contributed by atoms with Crippen molar-refractivity contribution < 1.29 is 9.90 Å². The van der Waals surface area contributed by atoms with Gasteiger partial charge in [0.2, 0.25) is 5.91 Å². The topological polar surface area (TPSA) is 81.6 Å². The molecule has 27 heavy (non-hydrogen) atoms. The van der Waals surface area contributed by atoms with Crippen LogP contribution in [0.4, 0.5) is 11.6 Å². The van der Waals surface area contributed by atoms with Crippen LogP contribution in [0.2, 0.25) is 0 Å². The van der Waals surface area contributed by atoms with Gasteiger partial charge in [-0.25, -0.2) is 9.97 Å². The van der Waals surface area contributed by atoms with E-state index in [2.05, 4.69) is 25.1 Å². The SMILES string of the molecule is O=C1CCC2(CCCN(c3cc(NCCO)ncn3)C2)CN1C1CCCC1. The predicted octanol–water partition coefficient (Wildman–Crippen LogP) is 2.03. The maximum atomic E-state index is 12.6. The molecule has 1 spiro atoms. The molecule has 4 rings (SSSR count). The number of nitrogens with one attached hydrogen (secondary N) is 1. The van der Waals surface area contributed by atoms with Crippen molar-refractivity contribution >= 4 is 17.5 Å². The molecule has 1 saturated carbocycles. The van der Waals surface area contributed by atoms with Crippen molar-refractivity contribution in [1.29, 1.82) is 0 Å². The monoisotopic (exact) mass is 373 g/mol. The summed E-state index contributed by atoms with van der Waals surface area (Å²) in [6, 6.07) is 2.44. The Morgan fingerprint density at radius 2 is 2.04 bits per heavy atom. The van der Waals surface area contributed by atoms with E-state index in [-0.39, 0.29) is 12.0 Å². The highest BCUT2D eigenvalue weighted by molar-refractivity contribution is 5.77. The van der Waals surface area contributed by atoms with Crippen LogP contribution in [0.1, 0.15) is 51.4 Å². The number of amides is 1. The molecule has 3 aliphatic rings. The summed E-state index contributed by atoms with van der Waals surface area (Å²) in [6.45, 7) is 3.43. The molecule has 1 amide bonds. The molecule has 0 aromatic carbocycles. The van der Waals surface area contributed by atoms with Gasteiger partial charge in [0.05, 0.1) is 6.61 Å². The van der Waals surface area contributed by atoms with Crippen LogP contribution in [0.25, 0.3) is 0 Å². The van der Waals surface area contributed by atoms with Crippen molar-refractivity contribution in [2.45, 2.75) is 57.4 Å². The first kappa shape index (κ1) is 18.5. The molecule has 2 saturated heterocycles. The van der Waals surface area contributed by atoms with E-state index < -0.39 is 0 Å². The molecule has 7 nitrogen and oxygen atoms in total. The normalized spacial score (nSPS) is 26.8. The highest BCUT2D eigenvalue weighted by Crippen LogP contribution is 2.42. The van der Waals surface area contributed by atoms with E-state index in [9.17, 15) is 4.79 Å². The number of carbonyl (C=O) groups is 1. The van der Waals surface area contributed by atoms with E-state index in [4.69, 9.17) is 5.11 Å². The third-order valence-electron chi connectivity index (χ3n) is 6.52. The molecule has 1 unspecified atom stereocenters. The zero-order valence-corrected chi connectivity index (χ0v) is 16.1. The lowest BCUT2D eigenvalue weighted by Gasteiger charge is -2.50. The number of nitrogens with zero attached hydrogens (tertiary/aromatic N) is 4. The van der Waals surface area contributed by atoms with E-state index in [0.29, 0.717) is 24.9 Å². The van der Waals surface area contributed by atoms with Crippen LogP contribution in [0.15, 0.2) is 12.4 Å². The number of piperidine rings is 2. The number of hydrogen-bond donors (Lipinski definition) is 2. The first-order valence-corrected chi connectivity index (χ1v) is 10.4. The molecule has 2 aliphatic heterocycles. The Hall–Kier alpha value is -1.89. The third-order valence-corrected chi connectivity index (χ3v) is 6.52. The lowest BCUT2D eigenvalue weighted by Crippen LogP contribution is -2.56.